The zero-order valence-electron chi connectivity index (χ0n) is 28.1. The lowest BCUT2D eigenvalue weighted by Gasteiger charge is -2.19. The van der Waals surface area contributed by atoms with Crippen molar-refractivity contribution >= 4 is 32.3 Å². The molecule has 0 atom stereocenters. The number of pyridine rings is 2. The van der Waals surface area contributed by atoms with Crippen LogP contribution in [-0.4, -0.2) is 9.97 Å². The van der Waals surface area contributed by atoms with E-state index in [0.717, 1.165) is 22.5 Å². The van der Waals surface area contributed by atoms with Crippen molar-refractivity contribution in [3.63, 3.8) is 0 Å². The molecule has 7 aromatic carbocycles. The van der Waals surface area contributed by atoms with E-state index in [-0.39, 0.29) is 0 Å². The Balaban J connectivity index is 1.29. The lowest BCUT2D eigenvalue weighted by Crippen LogP contribution is -1.93. The molecule has 0 aliphatic carbocycles. The van der Waals surface area contributed by atoms with Crippen molar-refractivity contribution in [3.8, 4) is 55.6 Å². The van der Waals surface area contributed by atoms with Crippen molar-refractivity contribution < 1.29 is 0 Å². The van der Waals surface area contributed by atoms with Gasteiger partial charge in [-0.3, -0.25) is 9.97 Å². The molecule has 9 rings (SSSR count). The molecular weight excluding hydrogens is 605 g/mol. The molecule has 0 N–H and O–H groups in total. The van der Waals surface area contributed by atoms with E-state index in [9.17, 15) is 0 Å². The van der Waals surface area contributed by atoms with E-state index < -0.39 is 0 Å². The van der Waals surface area contributed by atoms with Crippen LogP contribution >= 0.6 is 0 Å². The van der Waals surface area contributed by atoms with Crippen LogP contribution in [0.5, 0.6) is 0 Å². The number of hydrogen-bond acceptors (Lipinski definition) is 2. The molecule has 0 spiro atoms. The summed E-state index contributed by atoms with van der Waals surface area (Å²) in [6.07, 6.45) is 3.71. The molecule has 2 aromatic heterocycles. The molecule has 2 heterocycles. The van der Waals surface area contributed by atoms with Gasteiger partial charge in [-0.2, -0.15) is 0 Å². The molecule has 0 aliphatic rings. The lowest BCUT2D eigenvalue weighted by molar-refractivity contribution is 1.20. The van der Waals surface area contributed by atoms with E-state index in [1.165, 1.54) is 76.8 Å². The largest absolute Gasteiger partial charge is 0.261 e. The number of aryl methyl sites for hydroxylation is 2. The molecule has 9 aromatic rings. The number of fused-ring (bicyclic) bond motifs is 3. The highest BCUT2D eigenvalue weighted by Gasteiger charge is 2.18. The number of aromatic nitrogens is 2. The predicted molar refractivity (Wildman–Crippen MR) is 211 cm³/mol. The molecule has 0 saturated carbocycles. The summed E-state index contributed by atoms with van der Waals surface area (Å²) in [6.45, 7) is 4.14. The third-order valence-electron chi connectivity index (χ3n) is 10.1. The molecule has 2 heteroatoms. The minimum atomic E-state index is 1.03. The number of rotatable bonds is 5. The van der Waals surface area contributed by atoms with Crippen molar-refractivity contribution in [2.24, 2.45) is 0 Å². The van der Waals surface area contributed by atoms with Gasteiger partial charge in [-0.1, -0.05) is 133 Å². The topological polar surface area (TPSA) is 25.8 Å². The van der Waals surface area contributed by atoms with Gasteiger partial charge in [0, 0.05) is 34.9 Å². The van der Waals surface area contributed by atoms with Crippen LogP contribution in [0.25, 0.3) is 88.0 Å². The van der Waals surface area contributed by atoms with Gasteiger partial charge < -0.3 is 0 Å². The first kappa shape index (κ1) is 29.7. The van der Waals surface area contributed by atoms with Crippen molar-refractivity contribution in [2.75, 3.05) is 0 Å². The molecule has 0 unspecified atom stereocenters. The maximum atomic E-state index is 4.54. The van der Waals surface area contributed by atoms with Gasteiger partial charge in [-0.15, -0.1) is 0 Å². The van der Waals surface area contributed by atoms with Gasteiger partial charge in [-0.25, -0.2) is 0 Å². The SMILES string of the molecule is Cc1ncccc1-c1ccc(-c2c3ccccc3c(-c3ccc(-c4cccnc4C)cc3)c3cc(-c4ccc5ccccc5c4)ccc23)cc1. The Morgan fingerprint density at radius 1 is 0.320 bits per heavy atom. The highest BCUT2D eigenvalue weighted by molar-refractivity contribution is 6.22. The minimum absolute atomic E-state index is 1.03. The third kappa shape index (κ3) is 5.14. The Kier molecular flexibility index (Phi) is 7.29. The first-order valence-corrected chi connectivity index (χ1v) is 17.1. The van der Waals surface area contributed by atoms with E-state index in [2.05, 4.69) is 169 Å². The Morgan fingerprint density at radius 2 is 0.760 bits per heavy atom. The summed E-state index contributed by atoms with van der Waals surface area (Å²) in [5.41, 5.74) is 14.0. The number of hydrogen-bond donors (Lipinski definition) is 0. The van der Waals surface area contributed by atoms with Crippen LogP contribution in [0.15, 0.2) is 170 Å². The first-order valence-electron chi connectivity index (χ1n) is 17.1. The second-order valence-corrected chi connectivity index (χ2v) is 13.0. The second-order valence-electron chi connectivity index (χ2n) is 13.0. The predicted octanol–water partition coefficient (Wildman–Crippen LogP) is 12.9. The summed E-state index contributed by atoms with van der Waals surface area (Å²) >= 11 is 0. The highest BCUT2D eigenvalue weighted by atomic mass is 14.7. The fourth-order valence-corrected chi connectivity index (χ4v) is 7.56. The standard InChI is InChI=1S/C48H34N2/c1-31-41(13-7-27-49-31)34-16-20-36(21-17-34)47-43-11-5-6-12-44(43)48(37-22-18-35(19-23-37)42-14-8-28-50-32(42)2)46-30-40(25-26-45(46)47)39-24-15-33-9-3-4-10-38(33)29-39/h3-30H,1-2H3. The van der Waals surface area contributed by atoms with Crippen LogP contribution in [0.3, 0.4) is 0 Å². The van der Waals surface area contributed by atoms with Crippen LogP contribution in [0.2, 0.25) is 0 Å². The van der Waals surface area contributed by atoms with Crippen LogP contribution < -0.4 is 0 Å². The summed E-state index contributed by atoms with van der Waals surface area (Å²) in [5.74, 6) is 0. The Labute approximate surface area is 292 Å². The first-order chi connectivity index (χ1) is 24.6. The van der Waals surface area contributed by atoms with Gasteiger partial charge in [0.1, 0.15) is 0 Å². The van der Waals surface area contributed by atoms with Gasteiger partial charge in [0.05, 0.1) is 0 Å². The second kappa shape index (κ2) is 12.3. The average molecular weight is 639 g/mol. The summed E-state index contributed by atoms with van der Waals surface area (Å²) in [7, 11) is 0. The third-order valence-corrected chi connectivity index (χ3v) is 10.1. The molecule has 0 fully saturated rings. The van der Waals surface area contributed by atoms with Crippen LogP contribution in [0.4, 0.5) is 0 Å². The number of nitrogens with zero attached hydrogens (tertiary/aromatic N) is 2. The van der Waals surface area contributed by atoms with Crippen molar-refractivity contribution in [3.05, 3.63) is 182 Å². The van der Waals surface area contributed by atoms with Crippen LogP contribution in [0, 0.1) is 13.8 Å². The average Bonchev–Trinajstić information content (AvgIpc) is 3.17. The maximum absolute atomic E-state index is 4.54. The van der Waals surface area contributed by atoms with Gasteiger partial charge in [0.25, 0.3) is 0 Å². The maximum Gasteiger partial charge on any atom is 0.0450 e. The van der Waals surface area contributed by atoms with E-state index in [1.54, 1.807) is 0 Å². The fraction of sp³-hybridized carbons (Fsp3) is 0.0417. The molecule has 0 radical (unpaired) electrons. The van der Waals surface area contributed by atoms with E-state index >= 15 is 0 Å². The molecule has 0 amide bonds. The van der Waals surface area contributed by atoms with Gasteiger partial charge in [0.2, 0.25) is 0 Å². The summed E-state index contributed by atoms with van der Waals surface area (Å²) in [6, 6.07) is 57.6. The normalized spacial score (nSPS) is 11.4. The van der Waals surface area contributed by atoms with Crippen molar-refractivity contribution in [1.82, 2.24) is 9.97 Å². The molecule has 0 saturated heterocycles. The van der Waals surface area contributed by atoms with Gasteiger partial charge >= 0.3 is 0 Å². The Hall–Kier alpha value is -6.38. The van der Waals surface area contributed by atoms with Gasteiger partial charge in [-0.05, 0) is 115 Å². The van der Waals surface area contributed by atoms with Crippen LogP contribution in [-0.2, 0) is 0 Å². The quantitative estimate of drug-likeness (QED) is 0.175. The smallest absolute Gasteiger partial charge is 0.0450 e. The fourth-order valence-electron chi connectivity index (χ4n) is 7.56. The molecule has 2 nitrogen and oxygen atoms in total. The summed E-state index contributed by atoms with van der Waals surface area (Å²) in [4.78, 5) is 9.07. The minimum Gasteiger partial charge on any atom is -0.261 e. The van der Waals surface area contributed by atoms with Crippen LogP contribution in [0.1, 0.15) is 11.4 Å². The highest BCUT2D eigenvalue weighted by Crippen LogP contribution is 2.45. The molecular formula is C48H34N2. The van der Waals surface area contributed by atoms with Crippen molar-refractivity contribution in [2.45, 2.75) is 13.8 Å². The lowest BCUT2D eigenvalue weighted by atomic mass is 9.84. The van der Waals surface area contributed by atoms with Gasteiger partial charge in [0.15, 0.2) is 0 Å². The summed E-state index contributed by atoms with van der Waals surface area (Å²) < 4.78 is 0. The Bertz CT molecular complexity index is 2700. The van der Waals surface area contributed by atoms with E-state index in [4.69, 9.17) is 0 Å². The monoisotopic (exact) mass is 638 g/mol. The zero-order valence-corrected chi connectivity index (χ0v) is 28.1. The van der Waals surface area contributed by atoms with E-state index in [0.29, 0.717) is 0 Å². The number of benzene rings is 7. The van der Waals surface area contributed by atoms with Crippen molar-refractivity contribution in [1.29, 1.82) is 0 Å². The summed E-state index contributed by atoms with van der Waals surface area (Å²) in [5, 5.41) is 7.45. The molecule has 0 bridgehead atoms. The molecule has 0 aliphatic heterocycles. The zero-order chi connectivity index (χ0) is 33.6. The molecule has 236 valence electrons. The molecule has 50 heavy (non-hydrogen) atoms. The van der Waals surface area contributed by atoms with E-state index in [1.807, 2.05) is 24.5 Å². The Morgan fingerprint density at radius 3 is 1.34 bits per heavy atom.